The fraction of sp³-hybridized carbons (Fsp3) is 0.917. The molecule has 0 aromatic heterocycles. The largest absolute Gasteiger partial charge is 0.373 e. The molecule has 1 aliphatic rings. The zero-order valence-electron chi connectivity index (χ0n) is 10.7. The van der Waals surface area contributed by atoms with E-state index in [4.69, 9.17) is 10.00 Å². The normalized spacial score (nSPS) is 29.0. The fourth-order valence-electron chi connectivity index (χ4n) is 2.22. The smallest absolute Gasteiger partial charge is 0.108 e. The molecule has 0 bridgehead atoms. The van der Waals surface area contributed by atoms with Gasteiger partial charge in [-0.25, -0.2) is 0 Å². The molecule has 0 aromatic rings. The molecule has 4 nitrogen and oxygen atoms in total. The van der Waals surface area contributed by atoms with Crippen LogP contribution in [0.5, 0.6) is 0 Å². The predicted molar refractivity (Wildman–Crippen MR) is 64.1 cm³/mol. The quantitative estimate of drug-likeness (QED) is 0.775. The van der Waals surface area contributed by atoms with E-state index in [1.807, 2.05) is 0 Å². The van der Waals surface area contributed by atoms with Crippen LogP contribution in [0, 0.1) is 11.3 Å². The van der Waals surface area contributed by atoms with Crippen molar-refractivity contribution in [1.82, 2.24) is 10.2 Å². The second-order valence-corrected chi connectivity index (χ2v) is 4.98. The van der Waals surface area contributed by atoms with Gasteiger partial charge in [0.05, 0.1) is 18.3 Å². The van der Waals surface area contributed by atoms with E-state index < -0.39 is 0 Å². The van der Waals surface area contributed by atoms with Crippen molar-refractivity contribution in [3.63, 3.8) is 0 Å². The molecule has 1 saturated heterocycles. The summed E-state index contributed by atoms with van der Waals surface area (Å²) in [5, 5.41) is 12.3. The van der Waals surface area contributed by atoms with Gasteiger partial charge in [0, 0.05) is 25.7 Å². The molecule has 3 atom stereocenters. The van der Waals surface area contributed by atoms with Gasteiger partial charge >= 0.3 is 0 Å². The van der Waals surface area contributed by atoms with Gasteiger partial charge in [0.15, 0.2) is 0 Å². The van der Waals surface area contributed by atoms with E-state index in [0.717, 1.165) is 19.6 Å². The SMILES string of the molecule is CC(C)NC(C#N)CN1C[C@@H](C)O[C@@H](C)C1. The number of morpholine rings is 1. The van der Waals surface area contributed by atoms with Crippen molar-refractivity contribution >= 4 is 0 Å². The number of nitrogens with one attached hydrogen (secondary N) is 1. The van der Waals surface area contributed by atoms with E-state index >= 15 is 0 Å². The summed E-state index contributed by atoms with van der Waals surface area (Å²) >= 11 is 0. The first-order valence-corrected chi connectivity index (χ1v) is 6.04. The Labute approximate surface area is 98.6 Å². The Morgan fingerprint density at radius 3 is 2.38 bits per heavy atom. The molecule has 1 fully saturated rings. The Morgan fingerprint density at radius 1 is 1.38 bits per heavy atom. The van der Waals surface area contributed by atoms with E-state index in [1.54, 1.807) is 0 Å². The van der Waals surface area contributed by atoms with Crippen LogP contribution in [0.15, 0.2) is 0 Å². The lowest BCUT2D eigenvalue weighted by Gasteiger charge is -2.36. The monoisotopic (exact) mass is 225 g/mol. The minimum absolute atomic E-state index is 0.0856. The van der Waals surface area contributed by atoms with Crippen LogP contribution in [0.25, 0.3) is 0 Å². The van der Waals surface area contributed by atoms with Crippen LogP contribution in [0.3, 0.4) is 0 Å². The van der Waals surface area contributed by atoms with Crippen LogP contribution < -0.4 is 5.32 Å². The number of nitriles is 1. The topological polar surface area (TPSA) is 48.3 Å². The van der Waals surface area contributed by atoms with Gasteiger partial charge in [-0.05, 0) is 27.7 Å². The fourth-order valence-corrected chi connectivity index (χ4v) is 2.22. The van der Waals surface area contributed by atoms with Crippen LogP contribution in [0.4, 0.5) is 0 Å². The van der Waals surface area contributed by atoms with Crippen LogP contribution >= 0.6 is 0 Å². The molecule has 1 N–H and O–H groups in total. The van der Waals surface area contributed by atoms with Gasteiger partial charge < -0.3 is 4.74 Å². The zero-order chi connectivity index (χ0) is 12.1. The number of rotatable bonds is 4. The highest BCUT2D eigenvalue weighted by atomic mass is 16.5. The van der Waals surface area contributed by atoms with E-state index in [2.05, 4.69) is 44.0 Å². The van der Waals surface area contributed by atoms with Crippen molar-refractivity contribution in [2.45, 2.75) is 52.0 Å². The molecule has 0 aromatic carbocycles. The van der Waals surface area contributed by atoms with Crippen LogP contribution in [0.1, 0.15) is 27.7 Å². The van der Waals surface area contributed by atoms with E-state index in [0.29, 0.717) is 6.04 Å². The van der Waals surface area contributed by atoms with Gasteiger partial charge in [-0.1, -0.05) is 0 Å². The molecule has 1 heterocycles. The minimum Gasteiger partial charge on any atom is -0.373 e. The van der Waals surface area contributed by atoms with Gasteiger partial charge in [-0.15, -0.1) is 0 Å². The molecule has 0 aliphatic carbocycles. The summed E-state index contributed by atoms with van der Waals surface area (Å²) in [4.78, 5) is 2.31. The van der Waals surface area contributed by atoms with E-state index in [1.165, 1.54) is 0 Å². The molecule has 1 unspecified atom stereocenters. The lowest BCUT2D eigenvalue weighted by Crippen LogP contribution is -2.51. The minimum atomic E-state index is -0.0856. The highest BCUT2D eigenvalue weighted by molar-refractivity contribution is 4.94. The summed E-state index contributed by atoms with van der Waals surface area (Å²) in [5.41, 5.74) is 0. The summed E-state index contributed by atoms with van der Waals surface area (Å²) in [6.45, 7) is 10.9. The average Bonchev–Trinajstić information content (AvgIpc) is 2.14. The third kappa shape index (κ3) is 4.48. The third-order valence-electron chi connectivity index (χ3n) is 2.63. The first-order valence-electron chi connectivity index (χ1n) is 6.04. The van der Waals surface area contributed by atoms with Gasteiger partial charge in [0.2, 0.25) is 0 Å². The molecule has 0 radical (unpaired) electrons. The Balaban J connectivity index is 2.42. The van der Waals surface area contributed by atoms with Gasteiger partial charge in [-0.2, -0.15) is 5.26 Å². The summed E-state index contributed by atoms with van der Waals surface area (Å²) in [5.74, 6) is 0. The third-order valence-corrected chi connectivity index (χ3v) is 2.63. The molecule has 16 heavy (non-hydrogen) atoms. The zero-order valence-corrected chi connectivity index (χ0v) is 10.7. The maximum Gasteiger partial charge on any atom is 0.108 e. The predicted octanol–water partition coefficient (Wildman–Crippen LogP) is 0.986. The first kappa shape index (κ1) is 13.4. The van der Waals surface area contributed by atoms with E-state index in [9.17, 15) is 0 Å². The maximum absolute atomic E-state index is 9.07. The summed E-state index contributed by atoms with van der Waals surface area (Å²) < 4.78 is 5.67. The van der Waals surface area contributed by atoms with Crippen LogP contribution in [-0.4, -0.2) is 48.8 Å². The molecule has 0 amide bonds. The van der Waals surface area contributed by atoms with Crippen molar-refractivity contribution in [1.29, 1.82) is 5.26 Å². The summed E-state index contributed by atoms with van der Waals surface area (Å²) in [7, 11) is 0. The molecule has 4 heteroatoms. The highest BCUT2D eigenvalue weighted by Crippen LogP contribution is 2.10. The lowest BCUT2D eigenvalue weighted by atomic mass is 10.2. The first-order chi connectivity index (χ1) is 7.51. The average molecular weight is 225 g/mol. The Hall–Kier alpha value is -0.630. The maximum atomic E-state index is 9.07. The van der Waals surface area contributed by atoms with Crippen LogP contribution in [0.2, 0.25) is 0 Å². The lowest BCUT2D eigenvalue weighted by molar-refractivity contribution is -0.0688. The Bertz CT molecular complexity index is 239. The summed E-state index contributed by atoms with van der Waals surface area (Å²) in [6, 6.07) is 2.58. The number of hydrogen-bond acceptors (Lipinski definition) is 4. The van der Waals surface area contributed by atoms with Crippen molar-refractivity contribution in [3.8, 4) is 6.07 Å². The second-order valence-electron chi connectivity index (χ2n) is 4.98. The summed E-state index contributed by atoms with van der Waals surface area (Å²) in [6.07, 6.45) is 0.532. The molecule has 1 aliphatic heterocycles. The molecule has 92 valence electrons. The molecule has 0 saturated carbocycles. The highest BCUT2D eigenvalue weighted by Gasteiger charge is 2.24. The van der Waals surface area contributed by atoms with Gasteiger partial charge in [0.1, 0.15) is 6.04 Å². The molecule has 1 rings (SSSR count). The second kappa shape index (κ2) is 6.19. The number of nitrogens with zero attached hydrogens (tertiary/aromatic N) is 2. The van der Waals surface area contributed by atoms with Crippen molar-refractivity contribution < 1.29 is 4.74 Å². The van der Waals surface area contributed by atoms with E-state index in [-0.39, 0.29) is 18.2 Å². The van der Waals surface area contributed by atoms with Gasteiger partial charge in [0.25, 0.3) is 0 Å². The molecular formula is C12H23N3O. The van der Waals surface area contributed by atoms with Crippen molar-refractivity contribution in [3.05, 3.63) is 0 Å². The van der Waals surface area contributed by atoms with Crippen molar-refractivity contribution in [2.24, 2.45) is 0 Å². The standard InChI is InChI=1S/C12H23N3O/c1-9(2)14-12(5-13)8-15-6-10(3)16-11(4)7-15/h9-12,14H,6-8H2,1-4H3/t10-,11+,12?. The number of hydrogen-bond donors (Lipinski definition) is 1. The number of ether oxygens (including phenoxy) is 1. The Morgan fingerprint density at radius 2 is 1.94 bits per heavy atom. The Kier molecular flexibility index (Phi) is 5.20. The van der Waals surface area contributed by atoms with Crippen molar-refractivity contribution in [2.75, 3.05) is 19.6 Å². The van der Waals surface area contributed by atoms with Crippen LogP contribution in [-0.2, 0) is 4.74 Å². The molecular weight excluding hydrogens is 202 g/mol. The molecule has 0 spiro atoms. The van der Waals surface area contributed by atoms with Gasteiger partial charge in [-0.3, -0.25) is 10.2 Å².